The van der Waals surface area contributed by atoms with Gasteiger partial charge in [0.25, 0.3) is 0 Å². The molecule has 218 valence electrons. The molecule has 2 fully saturated rings. The van der Waals surface area contributed by atoms with Crippen molar-refractivity contribution in [2.45, 2.75) is 87.2 Å². The number of likely N-dealkylation sites (N-methyl/N-ethyl adjacent to an activating group) is 2. The second-order valence-electron chi connectivity index (χ2n) is 12.3. The van der Waals surface area contributed by atoms with Gasteiger partial charge in [-0.15, -0.1) is 0 Å². The molecule has 3 N–H and O–H groups in total. The number of ether oxygens (including phenoxy) is 1. The molecule has 0 aromatic heterocycles. The summed E-state index contributed by atoms with van der Waals surface area (Å²) in [5, 5.41) is 31.5. The minimum absolute atomic E-state index is 0.114. The maximum Gasteiger partial charge on any atom is 0.118 e. The van der Waals surface area contributed by atoms with Crippen LogP contribution in [0.3, 0.4) is 0 Å². The molecule has 0 aliphatic heterocycles. The van der Waals surface area contributed by atoms with E-state index >= 15 is 0 Å². The highest BCUT2D eigenvalue weighted by Gasteiger charge is 2.40. The number of aliphatic hydroxyl groups is 2. The standard InChI is InChI=1S/C17H27NO2.C16H25NO2/c1-18(2)13-16(17(19)11-5-4-6-12-17)14-7-9-15(20-3)10-8-14;1-17(2)12-15(13-6-8-14(18)9-7-13)16(19)10-4-3-5-11-16/h7-10,16,19H,4-6,11-13H2,1-3H3;6-9,15,18-19H,3-5,10-12H2,1-2H3. The first kappa shape index (κ1) is 31.4. The van der Waals surface area contributed by atoms with Crippen LogP contribution in [0, 0.1) is 0 Å². The molecule has 0 bridgehead atoms. The minimum atomic E-state index is -0.598. The quantitative estimate of drug-likeness (QED) is 0.375. The highest BCUT2D eigenvalue weighted by Crippen LogP contribution is 2.41. The van der Waals surface area contributed by atoms with Crippen LogP contribution in [0.25, 0.3) is 0 Å². The lowest BCUT2D eigenvalue weighted by Crippen LogP contribution is -2.42. The molecule has 2 aliphatic carbocycles. The van der Waals surface area contributed by atoms with Gasteiger partial charge in [0.05, 0.1) is 18.3 Å². The van der Waals surface area contributed by atoms with E-state index in [1.165, 1.54) is 18.4 Å². The van der Waals surface area contributed by atoms with Crippen LogP contribution in [-0.2, 0) is 0 Å². The first-order valence-electron chi connectivity index (χ1n) is 14.7. The SMILES string of the molecule is CN(C)CC(c1ccc(O)cc1)C1(O)CCCCC1.COc1ccc(C(CN(C)C)C2(O)CCCCC2)cc1. The Bertz CT molecular complexity index is 962. The van der Waals surface area contributed by atoms with Crippen molar-refractivity contribution < 1.29 is 20.1 Å². The molecular weight excluding hydrogens is 488 g/mol. The fraction of sp³-hybridized carbons (Fsp3) is 0.636. The van der Waals surface area contributed by atoms with Gasteiger partial charge in [0, 0.05) is 24.9 Å². The van der Waals surface area contributed by atoms with E-state index in [1.807, 2.05) is 38.4 Å². The number of hydrogen-bond acceptors (Lipinski definition) is 6. The Morgan fingerprint density at radius 3 is 1.33 bits per heavy atom. The number of phenols is 1. The first-order valence-corrected chi connectivity index (χ1v) is 14.7. The molecule has 0 spiro atoms. The van der Waals surface area contributed by atoms with Crippen LogP contribution >= 0.6 is 0 Å². The Hall–Kier alpha value is -2.12. The molecule has 2 atom stereocenters. The van der Waals surface area contributed by atoms with Gasteiger partial charge in [0.15, 0.2) is 0 Å². The number of hydrogen-bond donors (Lipinski definition) is 3. The van der Waals surface area contributed by atoms with Crippen molar-refractivity contribution in [2.75, 3.05) is 48.4 Å². The molecule has 0 radical (unpaired) electrons. The molecule has 4 rings (SSSR count). The zero-order valence-corrected chi connectivity index (χ0v) is 24.9. The van der Waals surface area contributed by atoms with Gasteiger partial charge < -0.3 is 29.9 Å². The van der Waals surface area contributed by atoms with Crippen molar-refractivity contribution in [1.82, 2.24) is 9.80 Å². The largest absolute Gasteiger partial charge is 0.508 e. The van der Waals surface area contributed by atoms with Gasteiger partial charge in [-0.1, -0.05) is 62.8 Å². The molecule has 2 aromatic rings. The lowest BCUT2D eigenvalue weighted by atomic mass is 9.72. The van der Waals surface area contributed by atoms with E-state index in [0.29, 0.717) is 0 Å². The van der Waals surface area contributed by atoms with Crippen molar-refractivity contribution in [3.63, 3.8) is 0 Å². The molecule has 2 aromatic carbocycles. The number of rotatable bonds is 9. The molecule has 6 nitrogen and oxygen atoms in total. The summed E-state index contributed by atoms with van der Waals surface area (Å²) in [7, 11) is 9.91. The fourth-order valence-corrected chi connectivity index (χ4v) is 6.47. The third kappa shape index (κ3) is 8.94. The van der Waals surface area contributed by atoms with E-state index in [-0.39, 0.29) is 17.6 Å². The summed E-state index contributed by atoms with van der Waals surface area (Å²) in [6.45, 7) is 1.71. The van der Waals surface area contributed by atoms with Gasteiger partial charge in [0.1, 0.15) is 11.5 Å². The summed E-state index contributed by atoms with van der Waals surface area (Å²) in [4.78, 5) is 4.30. The minimum Gasteiger partial charge on any atom is -0.508 e. The molecule has 2 unspecified atom stereocenters. The maximum absolute atomic E-state index is 11.1. The van der Waals surface area contributed by atoms with Gasteiger partial charge in [-0.2, -0.15) is 0 Å². The van der Waals surface area contributed by atoms with Gasteiger partial charge in [-0.25, -0.2) is 0 Å². The highest BCUT2D eigenvalue weighted by atomic mass is 16.5. The Kier molecular flexibility index (Phi) is 11.7. The van der Waals surface area contributed by atoms with Crippen molar-refractivity contribution >= 4 is 0 Å². The Balaban J connectivity index is 0.000000216. The number of benzene rings is 2. The van der Waals surface area contributed by atoms with Crippen LogP contribution < -0.4 is 4.74 Å². The molecular formula is C33H52N2O4. The van der Waals surface area contributed by atoms with Crippen molar-refractivity contribution in [3.8, 4) is 11.5 Å². The van der Waals surface area contributed by atoms with E-state index in [1.54, 1.807) is 19.2 Å². The lowest BCUT2D eigenvalue weighted by molar-refractivity contribution is -0.0280. The van der Waals surface area contributed by atoms with Crippen molar-refractivity contribution in [3.05, 3.63) is 59.7 Å². The van der Waals surface area contributed by atoms with E-state index in [4.69, 9.17) is 4.74 Å². The predicted octanol–water partition coefficient (Wildman–Crippen LogP) is 5.77. The van der Waals surface area contributed by atoms with Crippen LogP contribution in [0.5, 0.6) is 11.5 Å². The van der Waals surface area contributed by atoms with Gasteiger partial charge in [0.2, 0.25) is 0 Å². The maximum atomic E-state index is 11.1. The molecule has 0 saturated heterocycles. The third-order valence-electron chi connectivity index (χ3n) is 8.65. The topological polar surface area (TPSA) is 76.4 Å². The van der Waals surface area contributed by atoms with Crippen LogP contribution in [0.4, 0.5) is 0 Å². The smallest absolute Gasteiger partial charge is 0.118 e. The average molecular weight is 541 g/mol. The number of methoxy groups -OCH3 is 1. The summed E-state index contributed by atoms with van der Waals surface area (Å²) < 4.78 is 5.23. The van der Waals surface area contributed by atoms with Gasteiger partial charge >= 0.3 is 0 Å². The Morgan fingerprint density at radius 1 is 0.641 bits per heavy atom. The van der Waals surface area contributed by atoms with Crippen LogP contribution in [0.1, 0.15) is 87.2 Å². The van der Waals surface area contributed by atoms with Crippen molar-refractivity contribution in [2.24, 2.45) is 0 Å². The summed E-state index contributed by atoms with van der Waals surface area (Å²) in [6.07, 6.45) is 10.6. The Morgan fingerprint density at radius 2 is 1.00 bits per heavy atom. The van der Waals surface area contributed by atoms with E-state index in [0.717, 1.165) is 75.8 Å². The summed E-state index contributed by atoms with van der Waals surface area (Å²) >= 11 is 0. The zero-order chi connectivity index (χ0) is 28.5. The second kappa shape index (κ2) is 14.5. The first-order chi connectivity index (χ1) is 18.6. The summed E-state index contributed by atoms with van der Waals surface area (Å²) in [5.74, 6) is 1.43. The van der Waals surface area contributed by atoms with Crippen LogP contribution in [0.2, 0.25) is 0 Å². The average Bonchev–Trinajstić information content (AvgIpc) is 2.92. The lowest BCUT2D eigenvalue weighted by Gasteiger charge is -2.40. The molecule has 2 saturated carbocycles. The highest BCUT2D eigenvalue weighted by molar-refractivity contribution is 5.32. The molecule has 6 heteroatoms. The molecule has 0 heterocycles. The van der Waals surface area contributed by atoms with E-state index in [2.05, 4.69) is 36.0 Å². The number of phenolic OH excluding ortho intramolecular Hbond substituents is 1. The molecule has 2 aliphatic rings. The number of nitrogens with zero attached hydrogens (tertiary/aromatic N) is 2. The number of aromatic hydroxyl groups is 1. The zero-order valence-electron chi connectivity index (χ0n) is 24.9. The van der Waals surface area contributed by atoms with E-state index in [9.17, 15) is 15.3 Å². The van der Waals surface area contributed by atoms with E-state index < -0.39 is 11.2 Å². The third-order valence-corrected chi connectivity index (χ3v) is 8.65. The van der Waals surface area contributed by atoms with Gasteiger partial charge in [-0.3, -0.25) is 0 Å². The van der Waals surface area contributed by atoms with Crippen LogP contribution in [0.15, 0.2) is 48.5 Å². The fourth-order valence-electron chi connectivity index (χ4n) is 6.47. The monoisotopic (exact) mass is 540 g/mol. The normalized spacial score (nSPS) is 20.1. The van der Waals surface area contributed by atoms with Gasteiger partial charge in [-0.05, 0) is 89.3 Å². The molecule has 39 heavy (non-hydrogen) atoms. The Labute approximate surface area is 236 Å². The summed E-state index contributed by atoms with van der Waals surface area (Å²) in [6, 6.07) is 15.5. The summed E-state index contributed by atoms with van der Waals surface area (Å²) in [5.41, 5.74) is 1.18. The predicted molar refractivity (Wildman–Crippen MR) is 160 cm³/mol. The van der Waals surface area contributed by atoms with Crippen LogP contribution in [-0.4, -0.2) is 84.7 Å². The van der Waals surface area contributed by atoms with Crippen molar-refractivity contribution in [1.29, 1.82) is 0 Å². The molecule has 0 amide bonds. The second-order valence-corrected chi connectivity index (χ2v) is 12.3.